The van der Waals surface area contributed by atoms with Crippen molar-refractivity contribution in [2.45, 2.75) is 24.4 Å². The number of furan rings is 1. The smallest absolute Gasteiger partial charge is 0.240 e. The van der Waals surface area contributed by atoms with E-state index < -0.39 is 10.0 Å². The molecule has 1 aromatic carbocycles. The third kappa shape index (κ3) is 3.47. The fourth-order valence-corrected chi connectivity index (χ4v) is 2.77. The first-order valence-corrected chi connectivity index (χ1v) is 7.79. The van der Waals surface area contributed by atoms with E-state index in [9.17, 15) is 8.42 Å². The number of hydrogen-bond acceptors (Lipinski definition) is 4. The van der Waals surface area contributed by atoms with E-state index in [0.717, 1.165) is 11.1 Å². The molecule has 2 N–H and O–H groups in total. The lowest BCUT2D eigenvalue weighted by molar-refractivity contribution is 0.561. The van der Waals surface area contributed by atoms with Crippen molar-refractivity contribution in [3.63, 3.8) is 0 Å². The zero-order chi connectivity index (χ0) is 14.6. The second-order valence-corrected chi connectivity index (χ2v) is 6.30. The molecule has 2 rings (SSSR count). The van der Waals surface area contributed by atoms with Crippen molar-refractivity contribution in [2.24, 2.45) is 0 Å². The van der Waals surface area contributed by atoms with Gasteiger partial charge in [-0.2, -0.15) is 0 Å². The first-order valence-electron chi connectivity index (χ1n) is 6.31. The van der Waals surface area contributed by atoms with E-state index in [1.54, 1.807) is 18.2 Å². The molecule has 1 heterocycles. The van der Waals surface area contributed by atoms with Crippen molar-refractivity contribution in [2.75, 3.05) is 7.05 Å². The summed E-state index contributed by atoms with van der Waals surface area (Å²) in [6.45, 7) is 2.23. The largest absolute Gasteiger partial charge is 0.472 e. The van der Waals surface area contributed by atoms with E-state index in [0.29, 0.717) is 0 Å². The van der Waals surface area contributed by atoms with Crippen LogP contribution >= 0.6 is 0 Å². The molecule has 0 fully saturated rings. The van der Waals surface area contributed by atoms with E-state index >= 15 is 0 Å². The maximum absolute atomic E-state index is 12.1. The number of sulfonamides is 1. The molecular formula is C14H18N2O3S. The Morgan fingerprint density at radius 2 is 1.90 bits per heavy atom. The molecule has 0 bridgehead atoms. The maximum Gasteiger partial charge on any atom is 0.240 e. The van der Waals surface area contributed by atoms with Gasteiger partial charge in [0.15, 0.2) is 0 Å². The number of benzene rings is 1. The first-order chi connectivity index (χ1) is 9.53. The van der Waals surface area contributed by atoms with E-state index in [2.05, 4.69) is 10.0 Å². The minimum Gasteiger partial charge on any atom is -0.472 e. The molecule has 0 aliphatic rings. The Balaban J connectivity index is 2.09. The van der Waals surface area contributed by atoms with Crippen molar-refractivity contribution in [1.82, 2.24) is 10.0 Å². The summed E-state index contributed by atoms with van der Waals surface area (Å²) >= 11 is 0. The molecule has 1 unspecified atom stereocenters. The van der Waals surface area contributed by atoms with Gasteiger partial charge >= 0.3 is 0 Å². The summed E-state index contributed by atoms with van der Waals surface area (Å²) in [5.41, 5.74) is 1.83. The highest BCUT2D eigenvalue weighted by atomic mass is 32.2. The molecule has 5 nitrogen and oxygen atoms in total. The molecule has 20 heavy (non-hydrogen) atoms. The van der Waals surface area contributed by atoms with Crippen LogP contribution in [0.3, 0.4) is 0 Å². The molecule has 6 heteroatoms. The van der Waals surface area contributed by atoms with Gasteiger partial charge in [-0.3, -0.25) is 0 Å². The summed E-state index contributed by atoms with van der Waals surface area (Å²) in [5.74, 6) is 0. The average Bonchev–Trinajstić information content (AvgIpc) is 2.98. The van der Waals surface area contributed by atoms with Gasteiger partial charge in [-0.15, -0.1) is 0 Å². The van der Waals surface area contributed by atoms with E-state index in [4.69, 9.17) is 4.42 Å². The Morgan fingerprint density at radius 3 is 2.45 bits per heavy atom. The normalized spacial score (nSPS) is 13.3. The van der Waals surface area contributed by atoms with Gasteiger partial charge in [0.2, 0.25) is 10.0 Å². The van der Waals surface area contributed by atoms with Gasteiger partial charge in [-0.1, -0.05) is 12.1 Å². The summed E-state index contributed by atoms with van der Waals surface area (Å²) < 4.78 is 31.7. The molecule has 0 saturated carbocycles. The second kappa shape index (κ2) is 6.21. The van der Waals surface area contributed by atoms with Crippen LogP contribution < -0.4 is 10.0 Å². The quantitative estimate of drug-likeness (QED) is 0.855. The van der Waals surface area contributed by atoms with Crippen molar-refractivity contribution in [1.29, 1.82) is 0 Å². The number of nitrogens with one attached hydrogen (secondary N) is 2. The minimum atomic E-state index is -3.50. The highest BCUT2D eigenvalue weighted by molar-refractivity contribution is 7.89. The lowest BCUT2D eigenvalue weighted by atomic mass is 10.1. The molecule has 108 valence electrons. The first kappa shape index (κ1) is 14.8. The van der Waals surface area contributed by atoms with E-state index in [1.165, 1.54) is 12.5 Å². The summed E-state index contributed by atoms with van der Waals surface area (Å²) in [6.07, 6.45) is 3.03. The van der Waals surface area contributed by atoms with Crippen LogP contribution in [-0.4, -0.2) is 15.5 Å². The molecule has 2 aromatic rings. The number of rotatable bonds is 6. The summed E-state index contributed by atoms with van der Waals surface area (Å²) in [5, 5.41) is 3.11. The maximum atomic E-state index is 12.1. The van der Waals surface area contributed by atoms with Crippen molar-refractivity contribution >= 4 is 10.0 Å². The van der Waals surface area contributed by atoms with Crippen LogP contribution in [0.4, 0.5) is 0 Å². The highest BCUT2D eigenvalue weighted by Crippen LogP contribution is 2.16. The fraction of sp³-hybridized carbons (Fsp3) is 0.286. The molecule has 0 aliphatic carbocycles. The summed E-state index contributed by atoms with van der Waals surface area (Å²) in [6, 6.07) is 8.76. The zero-order valence-corrected chi connectivity index (χ0v) is 12.3. The van der Waals surface area contributed by atoms with Crippen molar-refractivity contribution in [3.05, 3.63) is 54.0 Å². The molecular weight excluding hydrogens is 276 g/mol. The van der Waals surface area contributed by atoms with Crippen molar-refractivity contribution in [3.8, 4) is 0 Å². The van der Waals surface area contributed by atoms with Gasteiger partial charge in [-0.25, -0.2) is 13.1 Å². The van der Waals surface area contributed by atoms with Crippen LogP contribution in [-0.2, 0) is 16.6 Å². The van der Waals surface area contributed by atoms with Gasteiger partial charge in [0.25, 0.3) is 0 Å². The summed E-state index contributed by atoms with van der Waals surface area (Å²) in [7, 11) is -1.63. The SMILES string of the molecule is CNC(C)c1ccc(S(=O)(=O)NCc2ccoc2)cc1. The molecule has 1 atom stereocenters. The third-order valence-corrected chi connectivity index (χ3v) is 4.59. The van der Waals surface area contributed by atoms with Crippen LogP contribution in [0.15, 0.2) is 52.2 Å². The lowest BCUT2D eigenvalue weighted by Crippen LogP contribution is -2.23. The molecule has 0 amide bonds. The Labute approximate surface area is 119 Å². The minimum absolute atomic E-state index is 0.186. The molecule has 0 spiro atoms. The highest BCUT2D eigenvalue weighted by Gasteiger charge is 2.14. The van der Waals surface area contributed by atoms with Crippen LogP contribution in [0.1, 0.15) is 24.1 Å². The Kier molecular flexibility index (Phi) is 4.59. The number of hydrogen-bond donors (Lipinski definition) is 2. The van der Waals surface area contributed by atoms with Crippen molar-refractivity contribution < 1.29 is 12.8 Å². The van der Waals surface area contributed by atoms with Gasteiger partial charge in [0.1, 0.15) is 0 Å². The predicted molar refractivity (Wildman–Crippen MR) is 76.7 cm³/mol. The predicted octanol–water partition coefficient (Wildman–Crippen LogP) is 2.04. The van der Waals surface area contributed by atoms with Crippen LogP contribution in [0.5, 0.6) is 0 Å². The zero-order valence-electron chi connectivity index (χ0n) is 11.5. The average molecular weight is 294 g/mol. The topological polar surface area (TPSA) is 71.3 Å². The van der Waals surface area contributed by atoms with Gasteiger partial charge in [0, 0.05) is 18.2 Å². The second-order valence-electron chi connectivity index (χ2n) is 4.54. The molecule has 0 saturated heterocycles. The van der Waals surface area contributed by atoms with Gasteiger partial charge in [-0.05, 0) is 37.7 Å². The van der Waals surface area contributed by atoms with Crippen LogP contribution in [0, 0.1) is 0 Å². The molecule has 1 aromatic heterocycles. The third-order valence-electron chi connectivity index (χ3n) is 3.17. The Hall–Kier alpha value is -1.63. The van der Waals surface area contributed by atoms with Crippen LogP contribution in [0.2, 0.25) is 0 Å². The Morgan fingerprint density at radius 1 is 1.20 bits per heavy atom. The van der Waals surface area contributed by atoms with Gasteiger partial charge < -0.3 is 9.73 Å². The molecule has 0 aliphatic heterocycles. The lowest BCUT2D eigenvalue weighted by Gasteiger charge is -2.11. The molecule has 0 radical (unpaired) electrons. The van der Waals surface area contributed by atoms with Crippen LogP contribution in [0.25, 0.3) is 0 Å². The standard InChI is InChI=1S/C14H18N2O3S/c1-11(15-2)13-3-5-14(6-4-13)20(17,18)16-9-12-7-8-19-10-12/h3-8,10-11,15-16H,9H2,1-2H3. The van der Waals surface area contributed by atoms with E-state index in [-0.39, 0.29) is 17.5 Å². The van der Waals surface area contributed by atoms with E-state index in [1.807, 2.05) is 26.1 Å². The monoisotopic (exact) mass is 294 g/mol. The Bertz CT molecular complexity index is 634. The summed E-state index contributed by atoms with van der Waals surface area (Å²) in [4.78, 5) is 0.257. The fourth-order valence-electron chi connectivity index (χ4n) is 1.76. The van der Waals surface area contributed by atoms with Gasteiger partial charge in [0.05, 0.1) is 17.4 Å².